The first-order valence-corrected chi connectivity index (χ1v) is 7.60. The van der Waals surface area contributed by atoms with Gasteiger partial charge in [0, 0.05) is 9.79 Å². The van der Waals surface area contributed by atoms with Crippen LogP contribution in [-0.2, 0) is 0 Å². The average molecular weight is 242 g/mol. The Bertz CT molecular complexity index is 548. The van der Waals surface area contributed by atoms with Crippen LogP contribution in [-0.4, -0.2) is 11.7 Å². The Balaban J connectivity index is 2.50. The second kappa shape index (κ2) is 4.42. The van der Waals surface area contributed by atoms with E-state index in [1.54, 1.807) is 0 Å². The number of benzene rings is 2. The number of rotatable bonds is 2. The summed E-state index contributed by atoms with van der Waals surface area (Å²) in [5.74, 6) is 8.68. The molecule has 0 aliphatic carbocycles. The Hall–Kier alpha value is -1.47. The molecule has 2 aromatic carbocycles. The van der Waals surface area contributed by atoms with Gasteiger partial charge in [0.05, 0.1) is 0 Å². The van der Waals surface area contributed by atoms with Crippen molar-refractivity contribution in [2.75, 3.05) is 0 Å². The predicted molar refractivity (Wildman–Crippen MR) is 80.7 cm³/mol. The summed E-state index contributed by atoms with van der Waals surface area (Å²) < 4.78 is 0. The molecule has 88 valence electrons. The zero-order valence-electron chi connectivity index (χ0n) is 10.4. The third-order valence-corrected chi connectivity index (χ3v) is 5.29. The molecule has 0 radical (unpaired) electrons. The van der Waals surface area contributed by atoms with E-state index < -0.39 is 9.21 Å². The molecule has 0 amide bonds. The Morgan fingerprint density at radius 1 is 0.647 bits per heavy atom. The summed E-state index contributed by atoms with van der Waals surface area (Å²) in [5.41, 5.74) is 2.54. The minimum absolute atomic E-state index is 1.23. The molecule has 0 unspecified atom stereocenters. The normalized spacial score (nSPS) is 11.4. The molecule has 0 saturated carbocycles. The van der Waals surface area contributed by atoms with E-state index in [1.807, 2.05) is 0 Å². The topological polar surface area (TPSA) is 0 Å². The Labute approximate surface area is 104 Å². The molecule has 2 rings (SSSR count). The van der Waals surface area contributed by atoms with Crippen molar-refractivity contribution in [2.24, 2.45) is 0 Å². The number of aryl methyl sites for hydroxylation is 2. The highest BCUT2D eigenvalue weighted by Gasteiger charge is 2.04. The van der Waals surface area contributed by atoms with E-state index >= 15 is 0 Å². The van der Waals surface area contributed by atoms with E-state index in [4.69, 9.17) is 0 Å². The first-order valence-electron chi connectivity index (χ1n) is 5.63. The van der Waals surface area contributed by atoms with E-state index in [0.717, 1.165) is 0 Å². The summed E-state index contributed by atoms with van der Waals surface area (Å²) in [5, 5.41) is 0. The third-order valence-electron chi connectivity index (χ3n) is 2.94. The van der Waals surface area contributed by atoms with Crippen molar-refractivity contribution in [3.05, 3.63) is 59.7 Å². The molecule has 17 heavy (non-hydrogen) atoms. The number of hydrogen-bond donors (Lipinski definition) is 0. The smallest absolute Gasteiger partial charge is 0.000165 e. The summed E-state index contributed by atoms with van der Waals surface area (Å²) in [6.45, 7) is 4.19. The van der Waals surface area contributed by atoms with Gasteiger partial charge in [0.25, 0.3) is 0 Å². The Kier molecular flexibility index (Phi) is 3.12. The molecule has 2 aromatic rings. The van der Waals surface area contributed by atoms with Crippen LogP contribution in [0.1, 0.15) is 11.1 Å². The van der Waals surface area contributed by atoms with Gasteiger partial charge < -0.3 is 0 Å². The Morgan fingerprint density at radius 3 is 1.24 bits per heavy atom. The lowest BCUT2D eigenvalue weighted by Gasteiger charge is -2.16. The van der Waals surface area contributed by atoms with Crippen LogP contribution in [0.5, 0.6) is 0 Å². The van der Waals surface area contributed by atoms with Gasteiger partial charge >= 0.3 is 0 Å². The van der Waals surface area contributed by atoms with Gasteiger partial charge in [-0.2, -0.15) is 9.21 Å². The first-order chi connectivity index (χ1) is 8.00. The maximum absolute atomic E-state index is 4.34. The summed E-state index contributed by atoms with van der Waals surface area (Å²) in [4.78, 5) is 2.46. The van der Waals surface area contributed by atoms with E-state index in [1.165, 1.54) is 20.9 Å². The number of hydrogen-bond acceptors (Lipinski definition) is 0. The van der Waals surface area contributed by atoms with Crippen LogP contribution in [0.2, 0.25) is 0 Å². The second-order valence-corrected chi connectivity index (χ2v) is 7.22. The summed E-state index contributed by atoms with van der Waals surface area (Å²) in [6, 6.07) is 17.1. The lowest BCUT2D eigenvalue weighted by atomic mass is 10.2. The molecular formula is C16H18S. The Morgan fingerprint density at radius 2 is 0.941 bits per heavy atom. The minimum Gasteiger partial charge on any atom is -0.160 e. The van der Waals surface area contributed by atoms with Crippen molar-refractivity contribution in [1.29, 1.82) is 0 Å². The van der Waals surface area contributed by atoms with Gasteiger partial charge in [-0.1, -0.05) is 47.1 Å². The molecule has 0 nitrogen and oxygen atoms in total. The van der Waals surface area contributed by atoms with Crippen molar-refractivity contribution in [3.8, 4) is 0 Å². The molecule has 0 fully saturated rings. The predicted octanol–water partition coefficient (Wildman–Crippen LogP) is 4.39. The molecular weight excluding hydrogens is 224 g/mol. The van der Waals surface area contributed by atoms with Gasteiger partial charge in [-0.25, -0.2) is 0 Å². The van der Waals surface area contributed by atoms with Gasteiger partial charge in [-0.3, -0.25) is 0 Å². The van der Waals surface area contributed by atoms with Crippen LogP contribution < -0.4 is 0 Å². The van der Waals surface area contributed by atoms with Crippen molar-refractivity contribution in [2.45, 2.75) is 23.6 Å². The molecule has 1 heteroatoms. The summed E-state index contributed by atoms with van der Waals surface area (Å²) >= 11 is 0. The molecule has 0 aromatic heterocycles. The molecule has 0 bridgehead atoms. The molecule has 0 heterocycles. The standard InChI is InChI=1S/C16H18S/c1-13-5-9-15(10-6-13)17(3,4)16-11-7-14(2)8-12-16/h5-12H,3-4H2,1-2H3. The van der Waals surface area contributed by atoms with Gasteiger partial charge in [0.15, 0.2) is 0 Å². The SMILES string of the molecule is C=S(=C)(c1ccc(C)cc1)c1ccc(C)cc1. The van der Waals surface area contributed by atoms with Crippen LogP contribution in [0.25, 0.3) is 0 Å². The van der Waals surface area contributed by atoms with Crippen molar-refractivity contribution < 1.29 is 0 Å². The van der Waals surface area contributed by atoms with Crippen LogP contribution in [0, 0.1) is 13.8 Å². The molecule has 0 saturated heterocycles. The fourth-order valence-corrected chi connectivity index (χ4v) is 3.32. The van der Waals surface area contributed by atoms with Crippen LogP contribution >= 0.6 is 9.21 Å². The molecule has 0 aliphatic heterocycles. The van der Waals surface area contributed by atoms with Crippen molar-refractivity contribution in [1.82, 2.24) is 0 Å². The largest absolute Gasteiger partial charge is 0.160 e. The quantitative estimate of drug-likeness (QED) is 0.685. The molecule has 0 spiro atoms. The fourth-order valence-electron chi connectivity index (χ4n) is 1.73. The molecule has 0 N–H and O–H groups in total. The monoisotopic (exact) mass is 242 g/mol. The highest BCUT2D eigenvalue weighted by molar-refractivity contribution is 8.27. The zero-order valence-corrected chi connectivity index (χ0v) is 11.3. The van der Waals surface area contributed by atoms with Crippen LogP contribution in [0.4, 0.5) is 0 Å². The molecule has 0 aliphatic rings. The van der Waals surface area contributed by atoms with Gasteiger partial charge in [0.1, 0.15) is 0 Å². The van der Waals surface area contributed by atoms with Crippen LogP contribution in [0.15, 0.2) is 58.3 Å². The van der Waals surface area contributed by atoms with E-state index in [9.17, 15) is 0 Å². The van der Waals surface area contributed by atoms with Crippen LogP contribution in [0.3, 0.4) is 0 Å². The lowest BCUT2D eigenvalue weighted by Crippen LogP contribution is -1.84. The second-order valence-electron chi connectivity index (χ2n) is 4.51. The van der Waals surface area contributed by atoms with E-state index in [2.05, 4.69) is 74.1 Å². The third kappa shape index (κ3) is 2.45. The first kappa shape index (κ1) is 12.0. The van der Waals surface area contributed by atoms with Gasteiger partial charge in [0.2, 0.25) is 0 Å². The fraction of sp³-hybridized carbons (Fsp3) is 0.125. The maximum atomic E-state index is 4.34. The lowest BCUT2D eigenvalue weighted by molar-refractivity contribution is 1.34. The maximum Gasteiger partial charge on any atom is 0.000165 e. The van der Waals surface area contributed by atoms with Crippen molar-refractivity contribution >= 4 is 20.9 Å². The minimum atomic E-state index is -1.37. The average Bonchev–Trinajstić information content (AvgIpc) is 2.30. The van der Waals surface area contributed by atoms with E-state index in [0.29, 0.717) is 0 Å². The summed E-state index contributed by atoms with van der Waals surface area (Å²) in [6.07, 6.45) is 0. The highest BCUT2D eigenvalue weighted by Crippen LogP contribution is 2.40. The molecule has 0 atom stereocenters. The van der Waals surface area contributed by atoms with E-state index in [-0.39, 0.29) is 0 Å². The van der Waals surface area contributed by atoms with Gasteiger partial charge in [-0.05, 0) is 38.1 Å². The highest BCUT2D eigenvalue weighted by atomic mass is 32.2. The summed E-state index contributed by atoms with van der Waals surface area (Å²) in [7, 11) is -1.37. The van der Waals surface area contributed by atoms with Gasteiger partial charge in [-0.15, -0.1) is 0 Å². The zero-order chi connectivity index (χ0) is 12.5. The van der Waals surface area contributed by atoms with Crippen molar-refractivity contribution in [3.63, 3.8) is 0 Å².